The zero-order valence-electron chi connectivity index (χ0n) is 20.9. The van der Waals surface area contributed by atoms with Gasteiger partial charge in [0.2, 0.25) is 17.7 Å². The van der Waals surface area contributed by atoms with Gasteiger partial charge in [0.05, 0.1) is 6.10 Å². The number of ether oxygens (including phenoxy) is 1. The van der Waals surface area contributed by atoms with Crippen LogP contribution in [0.2, 0.25) is 0 Å². The zero-order valence-corrected chi connectivity index (χ0v) is 21.7. The molecule has 1 saturated carbocycles. The van der Waals surface area contributed by atoms with Crippen LogP contribution in [0.15, 0.2) is 35.8 Å². The Kier molecular flexibility index (Phi) is 9.47. The van der Waals surface area contributed by atoms with Crippen molar-refractivity contribution < 1.29 is 19.1 Å². The van der Waals surface area contributed by atoms with Crippen molar-refractivity contribution in [3.8, 4) is 0 Å². The van der Waals surface area contributed by atoms with E-state index in [9.17, 15) is 14.4 Å². The predicted octanol–water partition coefficient (Wildman–Crippen LogP) is 4.37. The van der Waals surface area contributed by atoms with Gasteiger partial charge in [-0.3, -0.25) is 14.4 Å². The van der Waals surface area contributed by atoms with E-state index in [-0.39, 0.29) is 42.7 Å². The minimum Gasteiger partial charge on any atom is -0.376 e. The Bertz CT molecular complexity index is 999. The van der Waals surface area contributed by atoms with E-state index >= 15 is 0 Å². The number of carbonyl (C=O) groups excluding carboxylic acids is 3. The SMILES string of the molecule is Cc1ccc([C@@H](C(=O)NC2CCCCC2)N(C[C@H]2CCCO2)C(=O)CCC(=O)Nc2nccs2)cc1. The summed E-state index contributed by atoms with van der Waals surface area (Å²) in [5.74, 6) is -0.664. The summed E-state index contributed by atoms with van der Waals surface area (Å²) in [6.45, 7) is 2.98. The molecule has 4 rings (SSSR count). The molecule has 8 nitrogen and oxygen atoms in total. The van der Waals surface area contributed by atoms with Gasteiger partial charge in [0.15, 0.2) is 5.13 Å². The van der Waals surface area contributed by atoms with Gasteiger partial charge in [0.25, 0.3) is 0 Å². The van der Waals surface area contributed by atoms with Crippen LogP contribution in [0.5, 0.6) is 0 Å². The van der Waals surface area contributed by atoms with Crippen LogP contribution < -0.4 is 10.6 Å². The van der Waals surface area contributed by atoms with E-state index in [1.54, 1.807) is 16.5 Å². The van der Waals surface area contributed by atoms with Crippen molar-refractivity contribution in [2.45, 2.75) is 82.9 Å². The second-order valence-corrected chi connectivity index (χ2v) is 10.6. The summed E-state index contributed by atoms with van der Waals surface area (Å²) in [6, 6.07) is 7.13. The second-order valence-electron chi connectivity index (χ2n) is 9.72. The van der Waals surface area contributed by atoms with Gasteiger partial charge >= 0.3 is 0 Å². The van der Waals surface area contributed by atoms with E-state index in [0.29, 0.717) is 18.3 Å². The summed E-state index contributed by atoms with van der Waals surface area (Å²) >= 11 is 1.33. The van der Waals surface area contributed by atoms with Crippen LogP contribution in [0.25, 0.3) is 0 Å². The average molecular weight is 513 g/mol. The molecule has 1 aromatic heterocycles. The maximum atomic E-state index is 13.7. The van der Waals surface area contributed by atoms with Gasteiger partial charge < -0.3 is 20.3 Å². The molecule has 9 heteroatoms. The first kappa shape index (κ1) is 26.3. The minimum absolute atomic E-state index is 0.00297. The highest BCUT2D eigenvalue weighted by Gasteiger charge is 2.35. The quantitative estimate of drug-likeness (QED) is 0.492. The molecule has 2 aromatic rings. The maximum absolute atomic E-state index is 13.7. The molecule has 36 heavy (non-hydrogen) atoms. The number of thiazole rings is 1. The Labute approximate surface area is 216 Å². The summed E-state index contributed by atoms with van der Waals surface area (Å²) < 4.78 is 5.85. The molecule has 1 aliphatic carbocycles. The van der Waals surface area contributed by atoms with Crippen molar-refractivity contribution in [1.29, 1.82) is 0 Å². The van der Waals surface area contributed by atoms with Crippen molar-refractivity contribution in [1.82, 2.24) is 15.2 Å². The maximum Gasteiger partial charge on any atom is 0.247 e. The average Bonchev–Trinajstić information content (AvgIpc) is 3.58. The van der Waals surface area contributed by atoms with Crippen LogP contribution in [-0.4, -0.2) is 52.9 Å². The first-order valence-electron chi connectivity index (χ1n) is 13.0. The molecule has 2 fully saturated rings. The van der Waals surface area contributed by atoms with Crippen LogP contribution in [0, 0.1) is 6.92 Å². The number of nitrogens with zero attached hydrogens (tertiary/aromatic N) is 2. The molecule has 1 aliphatic heterocycles. The first-order chi connectivity index (χ1) is 17.5. The molecule has 2 N–H and O–H groups in total. The van der Waals surface area contributed by atoms with Crippen molar-refractivity contribution >= 4 is 34.2 Å². The number of nitrogens with one attached hydrogen (secondary N) is 2. The molecule has 1 saturated heterocycles. The molecule has 1 aromatic carbocycles. The van der Waals surface area contributed by atoms with Crippen molar-refractivity contribution in [2.24, 2.45) is 0 Å². The number of hydrogen-bond acceptors (Lipinski definition) is 6. The lowest BCUT2D eigenvalue weighted by Crippen LogP contribution is -2.49. The lowest BCUT2D eigenvalue weighted by molar-refractivity contribution is -0.143. The summed E-state index contributed by atoms with van der Waals surface area (Å²) in [5.41, 5.74) is 1.86. The minimum atomic E-state index is -0.772. The highest BCUT2D eigenvalue weighted by Crippen LogP contribution is 2.27. The van der Waals surface area contributed by atoms with Crippen molar-refractivity contribution in [3.63, 3.8) is 0 Å². The largest absolute Gasteiger partial charge is 0.376 e. The lowest BCUT2D eigenvalue weighted by atomic mass is 9.94. The fraction of sp³-hybridized carbons (Fsp3) is 0.556. The third-order valence-electron chi connectivity index (χ3n) is 6.89. The highest BCUT2D eigenvalue weighted by atomic mass is 32.1. The summed E-state index contributed by atoms with van der Waals surface area (Å²) in [5, 5.41) is 8.24. The number of rotatable bonds is 10. The fourth-order valence-corrected chi connectivity index (χ4v) is 5.48. The number of benzene rings is 1. The topological polar surface area (TPSA) is 101 Å². The molecular formula is C27H36N4O4S. The van der Waals surface area contributed by atoms with Gasteiger partial charge in [0, 0.05) is 43.6 Å². The van der Waals surface area contributed by atoms with Crippen molar-refractivity contribution in [3.05, 3.63) is 47.0 Å². The molecule has 0 bridgehead atoms. The third kappa shape index (κ3) is 7.36. The van der Waals surface area contributed by atoms with Gasteiger partial charge in [-0.15, -0.1) is 11.3 Å². The molecule has 2 atom stereocenters. The third-order valence-corrected chi connectivity index (χ3v) is 7.58. The number of carbonyl (C=O) groups is 3. The van der Waals surface area contributed by atoms with Gasteiger partial charge in [-0.2, -0.15) is 0 Å². The number of hydrogen-bond donors (Lipinski definition) is 2. The number of amides is 3. The van der Waals surface area contributed by atoms with Crippen LogP contribution in [0.1, 0.15) is 75.0 Å². The Morgan fingerprint density at radius 2 is 1.86 bits per heavy atom. The zero-order chi connectivity index (χ0) is 25.3. The summed E-state index contributed by atoms with van der Waals surface area (Å²) in [4.78, 5) is 45.5. The smallest absolute Gasteiger partial charge is 0.247 e. The number of aryl methyl sites for hydroxylation is 1. The monoisotopic (exact) mass is 512 g/mol. The van der Waals surface area contributed by atoms with E-state index in [0.717, 1.165) is 49.7 Å². The van der Waals surface area contributed by atoms with E-state index in [1.165, 1.54) is 17.8 Å². The van der Waals surface area contributed by atoms with E-state index in [1.807, 2.05) is 31.2 Å². The Morgan fingerprint density at radius 1 is 1.08 bits per heavy atom. The van der Waals surface area contributed by atoms with Gasteiger partial charge in [0.1, 0.15) is 6.04 Å². The molecular weight excluding hydrogens is 476 g/mol. The predicted molar refractivity (Wildman–Crippen MR) is 140 cm³/mol. The lowest BCUT2D eigenvalue weighted by Gasteiger charge is -2.34. The summed E-state index contributed by atoms with van der Waals surface area (Å²) in [7, 11) is 0. The van der Waals surface area contributed by atoms with Crippen LogP contribution in [-0.2, 0) is 19.1 Å². The summed E-state index contributed by atoms with van der Waals surface area (Å²) in [6.07, 6.45) is 8.63. The van der Waals surface area contributed by atoms with Crippen molar-refractivity contribution in [2.75, 3.05) is 18.5 Å². The molecule has 2 heterocycles. The van der Waals surface area contributed by atoms with Crippen LogP contribution in [0.4, 0.5) is 5.13 Å². The van der Waals surface area contributed by atoms with E-state index in [4.69, 9.17) is 4.74 Å². The van der Waals surface area contributed by atoms with Crippen LogP contribution >= 0.6 is 11.3 Å². The number of anilines is 1. The number of aromatic nitrogens is 1. The molecule has 2 aliphatic rings. The van der Waals surface area contributed by atoms with Crippen LogP contribution in [0.3, 0.4) is 0 Å². The highest BCUT2D eigenvalue weighted by molar-refractivity contribution is 7.13. The molecule has 194 valence electrons. The molecule has 0 unspecified atom stereocenters. The van der Waals surface area contributed by atoms with E-state index < -0.39 is 6.04 Å². The Hall–Kier alpha value is -2.78. The second kappa shape index (κ2) is 13.0. The van der Waals surface area contributed by atoms with Gasteiger partial charge in [-0.1, -0.05) is 49.1 Å². The van der Waals surface area contributed by atoms with Gasteiger partial charge in [-0.25, -0.2) is 4.98 Å². The first-order valence-corrected chi connectivity index (χ1v) is 13.8. The molecule has 3 amide bonds. The fourth-order valence-electron chi connectivity index (χ4n) is 4.94. The normalized spacial score (nSPS) is 19.0. The Balaban J connectivity index is 1.53. The molecule has 0 radical (unpaired) electrons. The van der Waals surface area contributed by atoms with Gasteiger partial charge in [-0.05, 0) is 38.2 Å². The Morgan fingerprint density at radius 3 is 2.53 bits per heavy atom. The van der Waals surface area contributed by atoms with E-state index in [2.05, 4.69) is 15.6 Å². The molecule has 0 spiro atoms. The standard InChI is InChI=1S/C27H36N4O4S/c1-19-9-11-20(12-10-19)25(26(34)29-21-6-3-2-4-7-21)31(18-22-8-5-16-35-22)24(33)14-13-23(32)30-27-28-15-17-36-27/h9-12,15,17,21-22,25H,2-8,13-14,16,18H2,1H3,(H,29,34)(H,28,30,32)/t22-,25+/m1/s1.